The fourth-order valence-electron chi connectivity index (χ4n) is 7.65. The number of fused-ring (bicyclic) bond motifs is 1. The molecule has 47 heavy (non-hydrogen) atoms. The van der Waals surface area contributed by atoms with Crippen LogP contribution in [0.1, 0.15) is 110 Å². The van der Waals surface area contributed by atoms with Crippen LogP contribution in [0.15, 0.2) is 24.5 Å². The number of likely N-dealkylation sites (tertiary alicyclic amines) is 2. The fourth-order valence-corrected chi connectivity index (χ4v) is 7.65. The molecule has 2 aromatic rings. The zero-order chi connectivity index (χ0) is 32.9. The minimum Gasteiger partial charge on any atom is -0.489 e. The van der Waals surface area contributed by atoms with Crippen LogP contribution in [0.2, 0.25) is 0 Å². The highest BCUT2D eigenvalue weighted by molar-refractivity contribution is 5.99. The lowest BCUT2D eigenvalue weighted by Gasteiger charge is -2.40. The molecule has 5 aliphatic rings. The van der Waals surface area contributed by atoms with Gasteiger partial charge in [0.2, 0.25) is 11.8 Å². The third kappa shape index (κ3) is 6.61. The first-order chi connectivity index (χ1) is 22.6. The first-order valence-corrected chi connectivity index (χ1v) is 18.1. The van der Waals surface area contributed by atoms with Crippen LogP contribution in [0, 0.1) is 5.92 Å². The van der Waals surface area contributed by atoms with Gasteiger partial charge in [-0.05, 0) is 117 Å². The minimum atomic E-state index is -0.597. The van der Waals surface area contributed by atoms with Gasteiger partial charge in [0.15, 0.2) is 0 Å². The van der Waals surface area contributed by atoms with Gasteiger partial charge >= 0.3 is 6.09 Å². The van der Waals surface area contributed by atoms with Crippen molar-refractivity contribution < 1.29 is 23.9 Å². The van der Waals surface area contributed by atoms with E-state index in [0.717, 1.165) is 92.3 Å². The van der Waals surface area contributed by atoms with E-state index in [2.05, 4.69) is 29.9 Å². The number of carbonyl (C=O) groups is 3. The van der Waals surface area contributed by atoms with Crippen molar-refractivity contribution in [2.45, 2.75) is 135 Å². The normalized spacial score (nSPS) is 24.0. The molecule has 3 amide bonds. The van der Waals surface area contributed by atoms with Crippen LogP contribution in [0.3, 0.4) is 0 Å². The van der Waals surface area contributed by atoms with Crippen LogP contribution in [-0.2, 0) is 20.7 Å². The van der Waals surface area contributed by atoms with Crippen molar-refractivity contribution in [2.75, 3.05) is 24.5 Å². The lowest BCUT2D eigenvalue weighted by Crippen LogP contribution is -2.55. The summed E-state index contributed by atoms with van der Waals surface area (Å²) in [4.78, 5) is 45.6. The van der Waals surface area contributed by atoms with E-state index in [0.29, 0.717) is 26.1 Å². The van der Waals surface area contributed by atoms with Crippen LogP contribution in [0.5, 0.6) is 5.75 Å². The number of ether oxygens (including phenoxy) is 2. The van der Waals surface area contributed by atoms with E-state index in [9.17, 15) is 14.4 Å². The van der Waals surface area contributed by atoms with Crippen LogP contribution in [-0.4, -0.2) is 80.9 Å². The molecular weight excluding hydrogens is 594 g/mol. The van der Waals surface area contributed by atoms with E-state index >= 15 is 0 Å². The number of carbonyl (C=O) groups excluding carboxylic acids is 3. The van der Waals surface area contributed by atoms with E-state index in [4.69, 9.17) is 14.6 Å². The quantitative estimate of drug-likeness (QED) is 0.355. The second-order valence-electron chi connectivity index (χ2n) is 15.4. The standard InChI is InChI=1S/C37H51N5O5/c1-24-11-14-30-31(42(24)34(43)25-12-13-25)16-15-29(33(30)46-28-8-7-9-28)26-22-38-41(23-26)27-17-20-39(21-18-27)35(44)32-10-5-6-19-40(32)36(45)47-37(2,3)4/h15-16,22-25,27-28,32H,5-14,17-21H2,1-4H3/t24-,32?/m0/s1. The number of anilines is 1. The molecule has 4 fully saturated rings. The highest BCUT2D eigenvalue weighted by atomic mass is 16.6. The topological polar surface area (TPSA) is 97.2 Å². The highest BCUT2D eigenvalue weighted by Crippen LogP contribution is 2.46. The molecule has 4 heterocycles. The zero-order valence-electron chi connectivity index (χ0n) is 28.6. The van der Waals surface area contributed by atoms with Crippen LogP contribution in [0.25, 0.3) is 11.1 Å². The average Bonchev–Trinajstić information content (AvgIpc) is 3.77. The van der Waals surface area contributed by atoms with Gasteiger partial charge in [-0.3, -0.25) is 19.2 Å². The molecule has 7 rings (SSSR count). The molecule has 254 valence electrons. The molecule has 1 unspecified atom stereocenters. The van der Waals surface area contributed by atoms with Gasteiger partial charge < -0.3 is 19.3 Å². The second kappa shape index (κ2) is 12.8. The average molecular weight is 646 g/mol. The Bertz CT molecular complexity index is 1500. The molecule has 0 radical (unpaired) electrons. The number of nitrogens with zero attached hydrogens (tertiary/aromatic N) is 5. The minimum absolute atomic E-state index is 0.0329. The predicted molar refractivity (Wildman–Crippen MR) is 179 cm³/mol. The third-order valence-electron chi connectivity index (χ3n) is 10.7. The largest absolute Gasteiger partial charge is 0.489 e. The van der Waals surface area contributed by atoms with Crippen molar-refractivity contribution in [1.29, 1.82) is 0 Å². The molecule has 0 N–H and O–H groups in total. The van der Waals surface area contributed by atoms with Gasteiger partial charge in [0.25, 0.3) is 0 Å². The number of hydrogen-bond donors (Lipinski definition) is 0. The number of benzene rings is 1. The van der Waals surface area contributed by atoms with Gasteiger partial charge in [-0.25, -0.2) is 4.79 Å². The Labute approximate surface area is 278 Å². The van der Waals surface area contributed by atoms with Gasteiger partial charge in [0.1, 0.15) is 17.4 Å². The first kappa shape index (κ1) is 32.0. The molecule has 2 atom stereocenters. The van der Waals surface area contributed by atoms with Crippen molar-refractivity contribution >= 4 is 23.6 Å². The Morgan fingerprint density at radius 1 is 0.872 bits per heavy atom. The summed E-state index contributed by atoms with van der Waals surface area (Å²) in [7, 11) is 0. The van der Waals surface area contributed by atoms with E-state index in [1.807, 2.05) is 36.8 Å². The summed E-state index contributed by atoms with van der Waals surface area (Å²) in [6, 6.07) is 4.17. The zero-order valence-corrected chi connectivity index (χ0v) is 28.6. The number of rotatable bonds is 6. The van der Waals surface area contributed by atoms with Crippen molar-refractivity contribution in [1.82, 2.24) is 19.6 Å². The summed E-state index contributed by atoms with van der Waals surface area (Å²) in [6.07, 6.45) is 15.2. The Morgan fingerprint density at radius 2 is 1.64 bits per heavy atom. The van der Waals surface area contributed by atoms with Crippen molar-refractivity contribution in [3.63, 3.8) is 0 Å². The molecule has 3 aliphatic heterocycles. The van der Waals surface area contributed by atoms with E-state index < -0.39 is 17.7 Å². The summed E-state index contributed by atoms with van der Waals surface area (Å²) in [6.45, 7) is 9.56. The molecule has 2 saturated heterocycles. The maximum absolute atomic E-state index is 13.7. The lowest BCUT2D eigenvalue weighted by atomic mass is 9.91. The second-order valence-corrected chi connectivity index (χ2v) is 15.4. The molecule has 0 bridgehead atoms. The van der Waals surface area contributed by atoms with E-state index in [1.165, 1.54) is 6.42 Å². The van der Waals surface area contributed by atoms with E-state index in [-0.39, 0.29) is 35.9 Å². The van der Waals surface area contributed by atoms with Gasteiger partial charge in [-0.15, -0.1) is 0 Å². The number of hydrogen-bond acceptors (Lipinski definition) is 6. The van der Waals surface area contributed by atoms with Gasteiger partial charge in [-0.2, -0.15) is 5.10 Å². The van der Waals surface area contributed by atoms with Gasteiger partial charge in [-0.1, -0.05) is 0 Å². The number of aromatic nitrogens is 2. The molecule has 10 heteroatoms. The number of amides is 3. The van der Waals surface area contributed by atoms with Crippen molar-refractivity contribution in [3.8, 4) is 16.9 Å². The highest BCUT2D eigenvalue weighted by Gasteiger charge is 2.40. The van der Waals surface area contributed by atoms with Crippen LogP contribution in [0.4, 0.5) is 10.5 Å². The monoisotopic (exact) mass is 645 g/mol. The molecule has 2 saturated carbocycles. The molecule has 0 spiro atoms. The van der Waals surface area contributed by atoms with Crippen LogP contribution < -0.4 is 9.64 Å². The maximum atomic E-state index is 13.7. The molecular formula is C37H51N5O5. The summed E-state index contributed by atoms with van der Waals surface area (Å²) < 4.78 is 14.4. The SMILES string of the molecule is C[C@H]1CCc2c(ccc(-c3cnn(C4CCN(C(=O)C5CCCCN5C(=O)OC(C)(C)C)CC4)c3)c2OC2CCC2)N1C(=O)C1CC1. The van der Waals surface area contributed by atoms with E-state index in [1.54, 1.807) is 4.90 Å². The first-order valence-electron chi connectivity index (χ1n) is 18.1. The fraction of sp³-hybridized carbons (Fsp3) is 0.676. The maximum Gasteiger partial charge on any atom is 0.410 e. The Balaban J connectivity index is 1.06. The third-order valence-corrected chi connectivity index (χ3v) is 10.7. The summed E-state index contributed by atoms with van der Waals surface area (Å²) in [5, 5.41) is 4.82. The Kier molecular flexibility index (Phi) is 8.72. The number of piperidine rings is 2. The molecule has 1 aromatic carbocycles. The summed E-state index contributed by atoms with van der Waals surface area (Å²) in [5.41, 5.74) is 3.65. The summed E-state index contributed by atoms with van der Waals surface area (Å²) in [5.74, 6) is 1.39. The Morgan fingerprint density at radius 3 is 2.32 bits per heavy atom. The lowest BCUT2D eigenvalue weighted by molar-refractivity contribution is -0.139. The molecule has 10 nitrogen and oxygen atoms in total. The summed E-state index contributed by atoms with van der Waals surface area (Å²) >= 11 is 0. The molecule has 2 aliphatic carbocycles. The Hall–Kier alpha value is -3.56. The molecule has 1 aromatic heterocycles. The van der Waals surface area contributed by atoms with Crippen molar-refractivity contribution in [2.24, 2.45) is 5.92 Å². The van der Waals surface area contributed by atoms with Gasteiger partial charge in [0, 0.05) is 54.5 Å². The predicted octanol–water partition coefficient (Wildman–Crippen LogP) is 6.51. The van der Waals surface area contributed by atoms with Crippen LogP contribution >= 0.6 is 0 Å². The van der Waals surface area contributed by atoms with Gasteiger partial charge in [0.05, 0.1) is 24.0 Å². The van der Waals surface area contributed by atoms with Crippen molar-refractivity contribution in [3.05, 3.63) is 30.1 Å². The smallest absolute Gasteiger partial charge is 0.410 e.